The highest BCUT2D eigenvalue weighted by Crippen LogP contribution is 2.42. The first-order chi connectivity index (χ1) is 26.0. The molecule has 0 spiro atoms. The molecule has 0 aliphatic heterocycles. The van der Waals surface area contributed by atoms with Gasteiger partial charge in [0, 0.05) is 44.9 Å². The minimum atomic E-state index is 0.751. The monoisotopic (exact) mass is 684 g/mol. The Labute approximate surface area is 307 Å². The molecule has 0 amide bonds. The normalized spacial score (nSPS) is 11.8. The summed E-state index contributed by atoms with van der Waals surface area (Å²) in [7, 11) is 0. The average Bonchev–Trinajstić information content (AvgIpc) is 3.75. The second-order valence-electron chi connectivity index (χ2n) is 14.1. The van der Waals surface area contributed by atoms with E-state index in [4.69, 9.17) is 14.7 Å². The third-order valence-electron chi connectivity index (χ3n) is 10.8. The van der Waals surface area contributed by atoms with Crippen molar-refractivity contribution in [3.05, 3.63) is 168 Å². The van der Waals surface area contributed by atoms with Crippen LogP contribution in [0.2, 0.25) is 0 Å². The Kier molecular flexibility index (Phi) is 6.99. The molecule has 0 radical (unpaired) electrons. The molecular formula is C48H36N4O. The Bertz CT molecular complexity index is 3040. The zero-order valence-electron chi connectivity index (χ0n) is 30.1. The zero-order chi connectivity index (χ0) is 35.8. The molecule has 10 aromatic rings. The van der Waals surface area contributed by atoms with Crippen molar-refractivity contribution in [2.75, 3.05) is 0 Å². The van der Waals surface area contributed by atoms with Gasteiger partial charge in [0.2, 0.25) is 0 Å². The van der Waals surface area contributed by atoms with Crippen molar-refractivity contribution in [2.24, 2.45) is 0 Å². The Morgan fingerprint density at radius 3 is 1.89 bits per heavy atom. The summed E-state index contributed by atoms with van der Waals surface area (Å²) in [5.41, 5.74) is 13.9. The standard InChI is InChI=1S/C48H36N4O/c1-29-12-9-13-30(2)45(29)39-18-11-17-38-35-23-21-33(26-40(35)48-50-28-43(52(48)47(38)39)46-31(3)14-10-15-32(46)4)53-34-22-24-37-36-16-5-6-19-41(36)51(42(37)27-34)44-20-7-8-25-49-44/h5-28H,1-4H3. The lowest BCUT2D eigenvalue weighted by Crippen LogP contribution is -2.00. The smallest absolute Gasteiger partial charge is 0.145 e. The van der Waals surface area contributed by atoms with E-state index in [9.17, 15) is 0 Å². The number of hydrogen-bond donors (Lipinski definition) is 0. The Morgan fingerprint density at radius 2 is 1.13 bits per heavy atom. The second kappa shape index (κ2) is 11.9. The molecule has 0 aliphatic rings. The van der Waals surface area contributed by atoms with Gasteiger partial charge in [-0.25, -0.2) is 9.97 Å². The van der Waals surface area contributed by atoms with Crippen LogP contribution in [0.4, 0.5) is 0 Å². The predicted octanol–water partition coefficient (Wildman–Crippen LogP) is 12.5. The summed E-state index contributed by atoms with van der Waals surface area (Å²) in [5.74, 6) is 2.38. The molecule has 5 nitrogen and oxygen atoms in total. The molecule has 0 saturated heterocycles. The van der Waals surface area contributed by atoms with E-state index in [0.29, 0.717) is 0 Å². The van der Waals surface area contributed by atoms with Crippen LogP contribution in [0.3, 0.4) is 0 Å². The number of benzene rings is 6. The molecule has 0 saturated carbocycles. The molecule has 0 fully saturated rings. The molecule has 254 valence electrons. The van der Waals surface area contributed by atoms with E-state index in [2.05, 4.69) is 152 Å². The van der Waals surface area contributed by atoms with Crippen LogP contribution in [0.1, 0.15) is 22.3 Å². The van der Waals surface area contributed by atoms with Crippen molar-refractivity contribution in [1.82, 2.24) is 18.9 Å². The molecule has 0 bridgehead atoms. The molecule has 0 atom stereocenters. The highest BCUT2D eigenvalue weighted by Gasteiger charge is 2.21. The number of hydrogen-bond acceptors (Lipinski definition) is 3. The number of pyridine rings is 2. The number of fused-ring (bicyclic) bond motifs is 9. The second-order valence-corrected chi connectivity index (χ2v) is 14.1. The molecule has 0 unspecified atom stereocenters. The first-order valence-corrected chi connectivity index (χ1v) is 18.1. The number of aromatic nitrogens is 4. The minimum absolute atomic E-state index is 0.751. The summed E-state index contributed by atoms with van der Waals surface area (Å²) in [4.78, 5) is 9.90. The fraction of sp³-hybridized carbons (Fsp3) is 0.0833. The first-order valence-electron chi connectivity index (χ1n) is 18.1. The predicted molar refractivity (Wildman–Crippen MR) is 219 cm³/mol. The number of nitrogens with zero attached hydrogens (tertiary/aromatic N) is 4. The van der Waals surface area contributed by atoms with Gasteiger partial charge in [-0.3, -0.25) is 8.97 Å². The molecule has 53 heavy (non-hydrogen) atoms. The largest absolute Gasteiger partial charge is 0.457 e. The van der Waals surface area contributed by atoms with Crippen LogP contribution in [0.5, 0.6) is 11.5 Å². The molecule has 10 rings (SSSR count). The van der Waals surface area contributed by atoms with Gasteiger partial charge in [0.05, 0.1) is 28.4 Å². The molecule has 5 heteroatoms. The molecule has 6 aromatic carbocycles. The maximum Gasteiger partial charge on any atom is 0.145 e. The van der Waals surface area contributed by atoms with Crippen LogP contribution in [-0.4, -0.2) is 18.9 Å². The van der Waals surface area contributed by atoms with Gasteiger partial charge in [0.15, 0.2) is 0 Å². The lowest BCUT2D eigenvalue weighted by atomic mass is 9.92. The van der Waals surface area contributed by atoms with Gasteiger partial charge in [0.1, 0.15) is 23.0 Å². The lowest BCUT2D eigenvalue weighted by molar-refractivity contribution is 0.484. The molecule has 0 aliphatic carbocycles. The van der Waals surface area contributed by atoms with Gasteiger partial charge in [-0.15, -0.1) is 0 Å². The van der Waals surface area contributed by atoms with Gasteiger partial charge < -0.3 is 4.74 Å². The fourth-order valence-corrected chi connectivity index (χ4v) is 8.50. The number of aryl methyl sites for hydroxylation is 4. The topological polar surface area (TPSA) is 44.3 Å². The maximum atomic E-state index is 6.73. The van der Waals surface area contributed by atoms with Gasteiger partial charge in [-0.05, 0) is 109 Å². The van der Waals surface area contributed by atoms with E-state index in [-0.39, 0.29) is 0 Å². The van der Waals surface area contributed by atoms with E-state index in [1.165, 1.54) is 49.7 Å². The van der Waals surface area contributed by atoms with E-state index in [1.807, 2.05) is 30.6 Å². The SMILES string of the molecule is Cc1cccc(C)c1-c1cccc2c3ccc(Oc4ccc5c6ccccc6n(-c6ccccn6)c5c4)cc3c3ncc(-c4c(C)cccc4C)n3c12. The van der Waals surface area contributed by atoms with Gasteiger partial charge in [0.25, 0.3) is 0 Å². The van der Waals surface area contributed by atoms with Crippen molar-refractivity contribution in [3.63, 3.8) is 0 Å². The number of para-hydroxylation sites is 2. The van der Waals surface area contributed by atoms with Gasteiger partial charge >= 0.3 is 0 Å². The quantitative estimate of drug-likeness (QED) is 0.170. The first kappa shape index (κ1) is 31.1. The van der Waals surface area contributed by atoms with Crippen LogP contribution in [0.25, 0.3) is 77.3 Å². The molecule has 4 heterocycles. The summed E-state index contributed by atoms with van der Waals surface area (Å²) in [6, 6.07) is 47.0. The summed E-state index contributed by atoms with van der Waals surface area (Å²) in [6.07, 6.45) is 3.88. The number of rotatable bonds is 5. The molecular weight excluding hydrogens is 649 g/mol. The Morgan fingerprint density at radius 1 is 0.491 bits per heavy atom. The molecule has 4 aromatic heterocycles. The van der Waals surface area contributed by atoms with Crippen LogP contribution < -0.4 is 4.74 Å². The average molecular weight is 685 g/mol. The number of ether oxygens (including phenoxy) is 1. The van der Waals surface area contributed by atoms with E-state index in [0.717, 1.165) is 61.4 Å². The fourth-order valence-electron chi connectivity index (χ4n) is 8.50. The van der Waals surface area contributed by atoms with Crippen molar-refractivity contribution in [3.8, 4) is 39.7 Å². The van der Waals surface area contributed by atoms with Gasteiger partial charge in [-0.1, -0.05) is 78.9 Å². The summed E-state index contributed by atoms with van der Waals surface area (Å²) in [5, 5.41) is 5.68. The Balaban J connectivity index is 1.21. The molecule has 0 N–H and O–H groups in total. The summed E-state index contributed by atoms with van der Waals surface area (Å²) in [6.45, 7) is 8.79. The third-order valence-corrected chi connectivity index (χ3v) is 10.8. The van der Waals surface area contributed by atoms with Gasteiger partial charge in [-0.2, -0.15) is 0 Å². The highest BCUT2D eigenvalue weighted by molar-refractivity contribution is 6.16. The van der Waals surface area contributed by atoms with E-state index in [1.54, 1.807) is 0 Å². The number of imidazole rings is 1. The summed E-state index contributed by atoms with van der Waals surface area (Å²) >= 11 is 0. The van der Waals surface area contributed by atoms with Crippen LogP contribution >= 0.6 is 0 Å². The Hall–Kier alpha value is -6.72. The van der Waals surface area contributed by atoms with Crippen molar-refractivity contribution in [2.45, 2.75) is 27.7 Å². The van der Waals surface area contributed by atoms with Crippen molar-refractivity contribution < 1.29 is 4.74 Å². The third kappa shape index (κ3) is 4.77. The van der Waals surface area contributed by atoms with Crippen LogP contribution in [0, 0.1) is 27.7 Å². The minimum Gasteiger partial charge on any atom is -0.457 e. The zero-order valence-corrected chi connectivity index (χ0v) is 30.1. The van der Waals surface area contributed by atoms with Crippen molar-refractivity contribution >= 4 is 49.1 Å². The highest BCUT2D eigenvalue weighted by atomic mass is 16.5. The maximum absolute atomic E-state index is 6.73. The van der Waals surface area contributed by atoms with Crippen molar-refractivity contribution in [1.29, 1.82) is 0 Å². The van der Waals surface area contributed by atoms with Crippen LogP contribution in [0.15, 0.2) is 146 Å². The van der Waals surface area contributed by atoms with E-state index >= 15 is 0 Å². The van der Waals surface area contributed by atoms with E-state index < -0.39 is 0 Å². The van der Waals surface area contributed by atoms with Crippen LogP contribution in [-0.2, 0) is 0 Å². The summed E-state index contributed by atoms with van der Waals surface area (Å²) < 4.78 is 11.3. The lowest BCUT2D eigenvalue weighted by Gasteiger charge is -2.19.